The summed E-state index contributed by atoms with van der Waals surface area (Å²) >= 11 is 9.35. The molecule has 0 aliphatic rings. The second kappa shape index (κ2) is 6.26. The third-order valence-corrected chi connectivity index (χ3v) is 2.92. The fourth-order valence-electron chi connectivity index (χ4n) is 1.22. The molecule has 1 N–H and O–H groups in total. The lowest BCUT2D eigenvalue weighted by atomic mass is 10.1. The summed E-state index contributed by atoms with van der Waals surface area (Å²) in [5.41, 5.74) is 0.853. The number of hydrogen-bond acceptors (Lipinski definition) is 1. The van der Waals surface area contributed by atoms with Crippen LogP contribution in [0.15, 0.2) is 22.7 Å². The Hall–Kier alpha value is -0.540. The van der Waals surface area contributed by atoms with Crippen LogP contribution in [0.4, 0.5) is 0 Å². The first-order valence-electron chi connectivity index (χ1n) is 5.19. The molecule has 0 aliphatic carbocycles. The zero-order valence-corrected chi connectivity index (χ0v) is 11.7. The van der Waals surface area contributed by atoms with Crippen LogP contribution in [0.2, 0.25) is 5.02 Å². The molecule has 4 heteroatoms. The number of carbonyl (C=O) groups excluding carboxylic acids is 1. The normalized spacial score (nSPS) is 10.6. The average molecular weight is 305 g/mol. The van der Waals surface area contributed by atoms with Gasteiger partial charge in [0.2, 0.25) is 5.91 Å². The third kappa shape index (κ3) is 4.54. The molecule has 1 aromatic rings. The summed E-state index contributed by atoms with van der Waals surface area (Å²) in [4.78, 5) is 11.6. The molecule has 0 aromatic heterocycles. The predicted octanol–water partition coefficient (Wildman–Crippen LogP) is 3.42. The van der Waals surface area contributed by atoms with Crippen LogP contribution in [0.5, 0.6) is 0 Å². The minimum absolute atomic E-state index is 0.0120. The lowest BCUT2D eigenvalue weighted by Crippen LogP contribution is -2.28. The second-order valence-corrected chi connectivity index (χ2v) is 5.43. The molecular weight excluding hydrogens is 289 g/mol. The highest BCUT2D eigenvalue weighted by atomic mass is 79.9. The fraction of sp³-hybridized carbons (Fsp3) is 0.417. The van der Waals surface area contributed by atoms with Crippen molar-refractivity contribution in [1.29, 1.82) is 0 Å². The fourth-order valence-corrected chi connectivity index (χ4v) is 1.96. The van der Waals surface area contributed by atoms with E-state index in [0.717, 1.165) is 10.0 Å². The maximum absolute atomic E-state index is 11.6. The summed E-state index contributed by atoms with van der Waals surface area (Å²) < 4.78 is 0.920. The van der Waals surface area contributed by atoms with E-state index in [4.69, 9.17) is 11.6 Å². The minimum atomic E-state index is 0.0120. The summed E-state index contributed by atoms with van der Waals surface area (Å²) in [6.45, 7) is 4.83. The molecule has 1 rings (SSSR count). The van der Waals surface area contributed by atoms with E-state index in [1.54, 1.807) is 6.07 Å². The number of rotatable bonds is 4. The van der Waals surface area contributed by atoms with Gasteiger partial charge in [0.1, 0.15) is 0 Å². The Labute approximate surface area is 110 Å². The molecule has 0 saturated carbocycles. The summed E-state index contributed by atoms with van der Waals surface area (Å²) in [7, 11) is 0. The van der Waals surface area contributed by atoms with Gasteiger partial charge in [0.25, 0.3) is 0 Å². The van der Waals surface area contributed by atoms with Crippen LogP contribution in [0.1, 0.15) is 19.4 Å². The average Bonchev–Trinajstić information content (AvgIpc) is 2.19. The highest BCUT2D eigenvalue weighted by molar-refractivity contribution is 9.10. The molecule has 0 spiro atoms. The monoisotopic (exact) mass is 303 g/mol. The molecular formula is C12H15BrClNO. The zero-order chi connectivity index (χ0) is 12.1. The van der Waals surface area contributed by atoms with E-state index in [1.165, 1.54) is 0 Å². The van der Waals surface area contributed by atoms with Crippen molar-refractivity contribution >= 4 is 33.4 Å². The number of amides is 1. The number of carbonyl (C=O) groups is 1. The molecule has 0 fully saturated rings. The summed E-state index contributed by atoms with van der Waals surface area (Å²) in [5, 5.41) is 3.48. The Bertz CT molecular complexity index is 379. The van der Waals surface area contributed by atoms with Gasteiger partial charge in [-0.2, -0.15) is 0 Å². The lowest BCUT2D eigenvalue weighted by Gasteiger charge is -2.08. The Morgan fingerprint density at radius 2 is 2.19 bits per heavy atom. The largest absolute Gasteiger partial charge is 0.356 e. The van der Waals surface area contributed by atoms with Crippen molar-refractivity contribution < 1.29 is 4.79 Å². The predicted molar refractivity (Wildman–Crippen MR) is 70.7 cm³/mol. The first kappa shape index (κ1) is 13.5. The van der Waals surface area contributed by atoms with Crippen LogP contribution in [0.3, 0.4) is 0 Å². The molecule has 88 valence electrons. The van der Waals surface area contributed by atoms with Crippen LogP contribution in [0.25, 0.3) is 0 Å². The summed E-state index contributed by atoms with van der Waals surface area (Å²) in [6.07, 6.45) is 0.332. The molecule has 1 amide bonds. The van der Waals surface area contributed by atoms with Crippen molar-refractivity contribution in [2.24, 2.45) is 5.92 Å². The molecule has 16 heavy (non-hydrogen) atoms. The molecule has 2 nitrogen and oxygen atoms in total. The Morgan fingerprint density at radius 1 is 1.50 bits per heavy atom. The maximum atomic E-state index is 11.6. The van der Waals surface area contributed by atoms with E-state index in [0.29, 0.717) is 23.9 Å². The van der Waals surface area contributed by atoms with E-state index < -0.39 is 0 Å². The van der Waals surface area contributed by atoms with E-state index in [1.807, 2.05) is 12.1 Å². The van der Waals surface area contributed by atoms with Crippen LogP contribution in [0, 0.1) is 5.92 Å². The van der Waals surface area contributed by atoms with E-state index in [2.05, 4.69) is 35.1 Å². The SMILES string of the molecule is CC(C)CNC(=O)Cc1ccc(Br)cc1Cl. The molecule has 0 atom stereocenters. The lowest BCUT2D eigenvalue weighted by molar-refractivity contribution is -0.120. The van der Waals surface area contributed by atoms with Gasteiger partial charge in [-0.15, -0.1) is 0 Å². The Balaban J connectivity index is 2.56. The van der Waals surface area contributed by atoms with E-state index >= 15 is 0 Å². The van der Waals surface area contributed by atoms with Crippen molar-refractivity contribution in [2.45, 2.75) is 20.3 Å². The van der Waals surface area contributed by atoms with Crippen LogP contribution < -0.4 is 5.32 Å². The quantitative estimate of drug-likeness (QED) is 0.907. The van der Waals surface area contributed by atoms with E-state index in [9.17, 15) is 4.79 Å². The van der Waals surface area contributed by atoms with Crippen molar-refractivity contribution in [3.8, 4) is 0 Å². The standard InChI is InChI=1S/C12H15BrClNO/c1-8(2)7-15-12(16)5-9-3-4-10(13)6-11(9)14/h3-4,6,8H,5,7H2,1-2H3,(H,15,16). The summed E-state index contributed by atoms with van der Waals surface area (Å²) in [5.74, 6) is 0.474. The van der Waals surface area contributed by atoms with Gasteiger partial charge in [0.05, 0.1) is 6.42 Å². The first-order valence-corrected chi connectivity index (χ1v) is 6.36. The molecule has 0 saturated heterocycles. The number of nitrogens with one attached hydrogen (secondary N) is 1. The molecule has 0 radical (unpaired) electrons. The van der Waals surface area contributed by atoms with Gasteiger partial charge in [-0.05, 0) is 23.6 Å². The van der Waals surface area contributed by atoms with Crippen molar-refractivity contribution in [1.82, 2.24) is 5.32 Å². The molecule has 1 aromatic carbocycles. The van der Waals surface area contributed by atoms with Crippen LogP contribution in [-0.2, 0) is 11.2 Å². The van der Waals surface area contributed by atoms with Crippen molar-refractivity contribution in [2.75, 3.05) is 6.54 Å². The second-order valence-electron chi connectivity index (χ2n) is 4.11. The van der Waals surface area contributed by atoms with Gasteiger partial charge in [-0.25, -0.2) is 0 Å². The molecule has 0 heterocycles. The highest BCUT2D eigenvalue weighted by Crippen LogP contribution is 2.21. The van der Waals surface area contributed by atoms with Crippen LogP contribution >= 0.6 is 27.5 Å². The molecule has 0 unspecified atom stereocenters. The number of hydrogen-bond donors (Lipinski definition) is 1. The Kier molecular flexibility index (Phi) is 5.29. The van der Waals surface area contributed by atoms with Crippen LogP contribution in [-0.4, -0.2) is 12.5 Å². The first-order chi connectivity index (χ1) is 7.49. The van der Waals surface area contributed by atoms with Gasteiger partial charge < -0.3 is 5.32 Å². The van der Waals surface area contributed by atoms with E-state index in [-0.39, 0.29) is 5.91 Å². The van der Waals surface area contributed by atoms with Gasteiger partial charge in [0.15, 0.2) is 0 Å². The van der Waals surface area contributed by atoms with Crippen molar-refractivity contribution in [3.63, 3.8) is 0 Å². The topological polar surface area (TPSA) is 29.1 Å². The smallest absolute Gasteiger partial charge is 0.224 e. The maximum Gasteiger partial charge on any atom is 0.224 e. The third-order valence-electron chi connectivity index (χ3n) is 2.07. The highest BCUT2D eigenvalue weighted by Gasteiger charge is 2.07. The number of halogens is 2. The molecule has 0 aliphatic heterocycles. The minimum Gasteiger partial charge on any atom is -0.356 e. The van der Waals surface area contributed by atoms with Crippen molar-refractivity contribution in [3.05, 3.63) is 33.3 Å². The molecule has 0 bridgehead atoms. The zero-order valence-electron chi connectivity index (χ0n) is 9.39. The number of benzene rings is 1. The van der Waals surface area contributed by atoms with Gasteiger partial charge in [-0.1, -0.05) is 47.4 Å². The van der Waals surface area contributed by atoms with Gasteiger partial charge in [-0.3, -0.25) is 4.79 Å². The van der Waals surface area contributed by atoms with Gasteiger partial charge in [0, 0.05) is 16.0 Å². The summed E-state index contributed by atoms with van der Waals surface area (Å²) in [6, 6.07) is 5.55. The van der Waals surface area contributed by atoms with Gasteiger partial charge >= 0.3 is 0 Å². The Morgan fingerprint density at radius 3 is 2.75 bits per heavy atom.